The third-order valence-electron chi connectivity index (χ3n) is 6.13. The minimum absolute atomic E-state index is 0.00856. The molecular weight excluding hydrogens is 228 g/mol. The van der Waals surface area contributed by atoms with Crippen molar-refractivity contribution in [1.82, 2.24) is 0 Å². The van der Waals surface area contributed by atoms with Gasteiger partial charge in [0.05, 0.1) is 17.8 Å². The molecule has 102 valence electrons. The first-order valence-corrected chi connectivity index (χ1v) is 6.97. The molecule has 0 aliphatic heterocycles. The van der Waals surface area contributed by atoms with Gasteiger partial charge < -0.3 is 15.3 Å². The smallest absolute Gasteiger partial charge is 0.0670 e. The highest BCUT2D eigenvalue weighted by molar-refractivity contribution is 5.34. The maximum Gasteiger partial charge on any atom is 0.0670 e. The van der Waals surface area contributed by atoms with E-state index in [0.717, 1.165) is 18.4 Å². The molecule has 3 aliphatic rings. The van der Waals surface area contributed by atoms with E-state index in [1.165, 1.54) is 0 Å². The van der Waals surface area contributed by atoms with Crippen molar-refractivity contribution in [3.8, 4) is 0 Å². The normalized spacial score (nSPS) is 55.1. The lowest BCUT2D eigenvalue weighted by Crippen LogP contribution is -2.53. The molecule has 0 radical (unpaired) electrons. The molecular formula is C15H24O3. The number of aliphatic hydroxyl groups excluding tert-OH is 2. The van der Waals surface area contributed by atoms with E-state index in [1.807, 2.05) is 13.8 Å². The molecule has 3 aliphatic carbocycles. The first kappa shape index (κ1) is 12.6. The van der Waals surface area contributed by atoms with Crippen LogP contribution in [0, 0.1) is 29.1 Å². The van der Waals surface area contributed by atoms with Gasteiger partial charge in [0.15, 0.2) is 0 Å². The predicted molar refractivity (Wildman–Crippen MR) is 68.8 cm³/mol. The average Bonchev–Trinajstić information content (AvgIpc) is 2.60. The lowest BCUT2D eigenvalue weighted by Gasteiger charge is -2.53. The summed E-state index contributed by atoms with van der Waals surface area (Å²) in [5.74, 6) is -0.0436. The molecule has 0 spiro atoms. The zero-order valence-electron chi connectivity index (χ0n) is 11.4. The summed E-state index contributed by atoms with van der Waals surface area (Å²) in [4.78, 5) is 0. The highest BCUT2D eigenvalue weighted by atomic mass is 16.3. The Morgan fingerprint density at radius 1 is 1.28 bits per heavy atom. The molecule has 0 amide bonds. The summed E-state index contributed by atoms with van der Waals surface area (Å²) in [5.41, 5.74) is 0.187. The Morgan fingerprint density at radius 3 is 2.39 bits per heavy atom. The number of fused-ring (bicyclic) bond motifs is 1. The van der Waals surface area contributed by atoms with Crippen molar-refractivity contribution >= 4 is 0 Å². The minimum Gasteiger partial charge on any atom is -0.392 e. The molecule has 0 aromatic carbocycles. The average molecular weight is 252 g/mol. The van der Waals surface area contributed by atoms with Gasteiger partial charge in [0.25, 0.3) is 0 Å². The molecule has 3 rings (SSSR count). The van der Waals surface area contributed by atoms with Crippen LogP contribution in [-0.4, -0.2) is 33.1 Å². The van der Waals surface area contributed by atoms with Crippen molar-refractivity contribution in [3.05, 3.63) is 12.2 Å². The lowest BCUT2D eigenvalue weighted by atomic mass is 9.53. The van der Waals surface area contributed by atoms with Gasteiger partial charge in [-0.05, 0) is 43.9 Å². The molecule has 18 heavy (non-hydrogen) atoms. The second-order valence-corrected chi connectivity index (χ2v) is 7.35. The molecule has 3 heteroatoms. The Kier molecular flexibility index (Phi) is 2.38. The molecule has 0 aromatic heterocycles. The van der Waals surface area contributed by atoms with Gasteiger partial charge >= 0.3 is 0 Å². The summed E-state index contributed by atoms with van der Waals surface area (Å²) in [7, 11) is 0. The standard InChI is InChI=1S/C15H24O3/c1-7-9-12(16)10-8(14(2,3)18)5-6-15(7,4)11(10)13(9)17/h8-13,16-18H,1,5-6H2,2-4H3/t8-,9-,10-,11+,12-,13-,15-/m0/s1. The second kappa shape index (κ2) is 3.38. The van der Waals surface area contributed by atoms with Gasteiger partial charge in [-0.15, -0.1) is 0 Å². The molecule has 7 atom stereocenters. The number of hydrogen-bond donors (Lipinski definition) is 3. The van der Waals surface area contributed by atoms with Crippen LogP contribution < -0.4 is 0 Å². The summed E-state index contributed by atoms with van der Waals surface area (Å²) in [6.07, 6.45) is 0.841. The molecule has 0 saturated heterocycles. The Morgan fingerprint density at radius 2 is 1.89 bits per heavy atom. The first-order valence-electron chi connectivity index (χ1n) is 6.97. The van der Waals surface area contributed by atoms with E-state index in [2.05, 4.69) is 13.5 Å². The molecule has 0 unspecified atom stereocenters. The van der Waals surface area contributed by atoms with Crippen molar-refractivity contribution in [2.75, 3.05) is 0 Å². The highest BCUT2D eigenvalue weighted by Gasteiger charge is 2.69. The van der Waals surface area contributed by atoms with Gasteiger partial charge in [-0.25, -0.2) is 0 Å². The van der Waals surface area contributed by atoms with Crippen LogP contribution in [0.25, 0.3) is 0 Å². The van der Waals surface area contributed by atoms with Crippen LogP contribution in [0.5, 0.6) is 0 Å². The molecule has 0 heterocycles. The van der Waals surface area contributed by atoms with Crippen molar-refractivity contribution in [3.63, 3.8) is 0 Å². The van der Waals surface area contributed by atoms with E-state index in [1.54, 1.807) is 0 Å². The predicted octanol–water partition coefficient (Wildman–Crippen LogP) is 1.33. The van der Waals surface area contributed by atoms with Gasteiger partial charge in [-0.2, -0.15) is 0 Å². The monoisotopic (exact) mass is 252 g/mol. The van der Waals surface area contributed by atoms with Gasteiger partial charge in [0, 0.05) is 11.8 Å². The van der Waals surface area contributed by atoms with E-state index in [9.17, 15) is 15.3 Å². The fraction of sp³-hybridized carbons (Fsp3) is 0.867. The summed E-state index contributed by atoms with van der Waals surface area (Å²) >= 11 is 0. The first-order chi connectivity index (χ1) is 8.19. The van der Waals surface area contributed by atoms with E-state index in [0.29, 0.717) is 0 Å². The quantitative estimate of drug-likeness (QED) is 0.617. The van der Waals surface area contributed by atoms with Crippen molar-refractivity contribution < 1.29 is 15.3 Å². The van der Waals surface area contributed by atoms with Crippen molar-refractivity contribution in [2.45, 2.75) is 51.4 Å². The molecule has 0 aromatic rings. The van der Waals surface area contributed by atoms with E-state index in [-0.39, 0.29) is 29.1 Å². The van der Waals surface area contributed by atoms with Gasteiger partial charge in [0.2, 0.25) is 0 Å². The maximum absolute atomic E-state index is 10.5. The lowest BCUT2D eigenvalue weighted by molar-refractivity contribution is -0.110. The van der Waals surface area contributed by atoms with Crippen LogP contribution in [-0.2, 0) is 0 Å². The Hall–Kier alpha value is -0.380. The largest absolute Gasteiger partial charge is 0.392 e. The van der Waals surface area contributed by atoms with Crippen LogP contribution >= 0.6 is 0 Å². The van der Waals surface area contributed by atoms with Crippen molar-refractivity contribution in [2.24, 2.45) is 29.1 Å². The van der Waals surface area contributed by atoms with Crippen LogP contribution in [0.3, 0.4) is 0 Å². The van der Waals surface area contributed by atoms with Crippen LogP contribution in [0.4, 0.5) is 0 Å². The Bertz CT molecular complexity index is 397. The molecule has 3 saturated carbocycles. The van der Waals surface area contributed by atoms with Crippen molar-refractivity contribution in [1.29, 1.82) is 0 Å². The van der Waals surface area contributed by atoms with E-state index >= 15 is 0 Å². The summed E-state index contributed by atoms with van der Waals surface area (Å²) < 4.78 is 0. The van der Waals surface area contributed by atoms with Crippen LogP contribution in [0.15, 0.2) is 12.2 Å². The van der Waals surface area contributed by atoms with Gasteiger partial charge in [-0.3, -0.25) is 0 Å². The third kappa shape index (κ3) is 1.25. The second-order valence-electron chi connectivity index (χ2n) is 7.35. The molecule has 2 bridgehead atoms. The number of rotatable bonds is 1. The number of aliphatic hydroxyl groups is 3. The fourth-order valence-electron chi connectivity index (χ4n) is 5.20. The van der Waals surface area contributed by atoms with Crippen LogP contribution in [0.1, 0.15) is 33.6 Å². The SMILES string of the molecule is C=C1[C@H]2[C@H](O)[C@@H]3[C@H]([C@H]2O)[C@@]1(C)CC[C@@H]3C(C)(C)O. The zero-order chi connectivity index (χ0) is 13.5. The topological polar surface area (TPSA) is 60.7 Å². The number of hydrogen-bond acceptors (Lipinski definition) is 3. The Labute approximate surface area is 109 Å². The minimum atomic E-state index is -0.793. The van der Waals surface area contributed by atoms with Crippen LogP contribution in [0.2, 0.25) is 0 Å². The zero-order valence-corrected chi connectivity index (χ0v) is 11.4. The summed E-state index contributed by atoms with van der Waals surface area (Å²) in [5, 5.41) is 31.2. The summed E-state index contributed by atoms with van der Waals surface area (Å²) in [6, 6.07) is 0. The Balaban J connectivity index is 2.04. The van der Waals surface area contributed by atoms with Gasteiger partial charge in [0.1, 0.15) is 0 Å². The van der Waals surface area contributed by atoms with E-state index < -0.39 is 17.8 Å². The maximum atomic E-state index is 10.5. The summed E-state index contributed by atoms with van der Waals surface area (Å²) in [6.45, 7) is 9.94. The highest BCUT2D eigenvalue weighted by Crippen LogP contribution is 2.68. The molecule has 3 nitrogen and oxygen atoms in total. The molecule has 3 N–H and O–H groups in total. The van der Waals surface area contributed by atoms with Gasteiger partial charge in [-0.1, -0.05) is 19.1 Å². The fourth-order valence-corrected chi connectivity index (χ4v) is 5.20. The third-order valence-corrected chi connectivity index (χ3v) is 6.13. The molecule has 3 fully saturated rings. The van der Waals surface area contributed by atoms with E-state index in [4.69, 9.17) is 0 Å².